The van der Waals surface area contributed by atoms with Crippen molar-refractivity contribution in [1.82, 2.24) is 0 Å². The van der Waals surface area contributed by atoms with Gasteiger partial charge in [0.15, 0.2) is 0 Å². The monoisotopic (exact) mass is 527 g/mol. The molecule has 0 spiro atoms. The van der Waals surface area contributed by atoms with Gasteiger partial charge in [-0.15, -0.1) is 0 Å². The number of benzene rings is 1. The van der Waals surface area contributed by atoms with E-state index in [4.69, 9.17) is 0 Å². The maximum absolute atomic E-state index is 2.57. The molecule has 1 aromatic carbocycles. The maximum Gasteiger partial charge on any atom is -0.0273 e. The van der Waals surface area contributed by atoms with E-state index in [2.05, 4.69) is 67.5 Å². The number of aryl methyl sites for hydroxylation is 2. The quantitative estimate of drug-likeness (QED) is 0.117. The van der Waals surface area contributed by atoms with Crippen molar-refractivity contribution in [2.24, 2.45) is 23.7 Å². The second-order valence-corrected chi connectivity index (χ2v) is 14.3. The molecule has 0 N–H and O–H groups in total. The van der Waals surface area contributed by atoms with Crippen molar-refractivity contribution >= 4 is 0 Å². The molecule has 0 aliphatic carbocycles. The van der Waals surface area contributed by atoms with Crippen LogP contribution in [-0.4, -0.2) is 0 Å². The topological polar surface area (TPSA) is 0 Å². The Morgan fingerprint density at radius 3 is 0.868 bits per heavy atom. The van der Waals surface area contributed by atoms with Crippen molar-refractivity contribution in [3.8, 4) is 0 Å². The summed E-state index contributed by atoms with van der Waals surface area (Å²) in [6.45, 7) is 19.0. The summed E-state index contributed by atoms with van der Waals surface area (Å²) in [5.74, 6) is 3.38. The fourth-order valence-corrected chi connectivity index (χ4v) is 6.03. The Labute approximate surface area is 241 Å². The number of rotatable bonds is 24. The summed E-state index contributed by atoms with van der Waals surface area (Å²) in [4.78, 5) is 0. The van der Waals surface area contributed by atoms with Crippen molar-refractivity contribution in [3.05, 3.63) is 34.4 Å². The van der Waals surface area contributed by atoms with E-state index in [-0.39, 0.29) is 0 Å². The molecular formula is C38H70. The molecule has 0 bridgehead atoms. The predicted molar refractivity (Wildman–Crippen MR) is 174 cm³/mol. The zero-order valence-electron chi connectivity index (χ0n) is 27.6. The van der Waals surface area contributed by atoms with Gasteiger partial charge in [0.25, 0.3) is 0 Å². The van der Waals surface area contributed by atoms with Gasteiger partial charge in [-0.05, 0) is 97.3 Å². The first-order valence-corrected chi connectivity index (χ1v) is 17.3. The van der Waals surface area contributed by atoms with Crippen molar-refractivity contribution < 1.29 is 0 Å². The lowest BCUT2D eigenvalue weighted by atomic mass is 9.85. The third-order valence-electron chi connectivity index (χ3n) is 8.50. The highest BCUT2D eigenvalue weighted by atomic mass is 14.2. The van der Waals surface area contributed by atoms with Crippen LogP contribution in [0.15, 0.2) is 12.1 Å². The Balaban J connectivity index is 2.98. The summed E-state index contributed by atoms with van der Waals surface area (Å²) in [6.07, 6.45) is 27.5. The molecule has 0 aliphatic heterocycles. The molecule has 0 atom stereocenters. The minimum Gasteiger partial charge on any atom is -0.0628 e. The number of hydrogen-bond donors (Lipinski definition) is 0. The molecule has 38 heavy (non-hydrogen) atoms. The third-order valence-corrected chi connectivity index (χ3v) is 8.50. The summed E-state index contributed by atoms with van der Waals surface area (Å²) in [5.41, 5.74) is 7.00. The van der Waals surface area contributed by atoms with Gasteiger partial charge in [-0.2, -0.15) is 0 Å². The van der Waals surface area contributed by atoms with Gasteiger partial charge in [-0.3, -0.25) is 0 Å². The molecule has 0 saturated carbocycles. The van der Waals surface area contributed by atoms with Crippen LogP contribution in [0.2, 0.25) is 0 Å². The summed E-state index contributed by atoms with van der Waals surface area (Å²) >= 11 is 0. The van der Waals surface area contributed by atoms with Crippen LogP contribution >= 0.6 is 0 Å². The Morgan fingerprint density at radius 2 is 0.605 bits per heavy atom. The molecule has 0 radical (unpaired) electrons. The highest BCUT2D eigenvalue weighted by Gasteiger charge is 2.14. The molecule has 0 heterocycles. The van der Waals surface area contributed by atoms with Gasteiger partial charge in [-0.1, -0.05) is 145 Å². The largest absolute Gasteiger partial charge is 0.0628 e. The summed E-state index contributed by atoms with van der Waals surface area (Å²) in [6, 6.07) is 5.13. The predicted octanol–water partition coefficient (Wildman–Crippen LogP) is 12.7. The van der Waals surface area contributed by atoms with Gasteiger partial charge in [0.2, 0.25) is 0 Å². The fourth-order valence-electron chi connectivity index (χ4n) is 6.03. The molecule has 0 aromatic heterocycles. The maximum atomic E-state index is 2.57. The van der Waals surface area contributed by atoms with Crippen LogP contribution in [0.25, 0.3) is 0 Å². The third kappa shape index (κ3) is 17.7. The summed E-state index contributed by atoms with van der Waals surface area (Å²) in [7, 11) is 0. The van der Waals surface area contributed by atoms with Crippen molar-refractivity contribution in [2.75, 3.05) is 0 Å². The summed E-state index contributed by atoms with van der Waals surface area (Å²) in [5, 5.41) is 0. The first-order valence-electron chi connectivity index (χ1n) is 17.3. The normalized spacial score (nSPS) is 12.1. The van der Waals surface area contributed by atoms with E-state index in [1.807, 2.05) is 0 Å². The van der Waals surface area contributed by atoms with Crippen LogP contribution in [0, 0.1) is 23.7 Å². The minimum absolute atomic E-state index is 0.844. The highest BCUT2D eigenvalue weighted by molar-refractivity contribution is 5.42. The van der Waals surface area contributed by atoms with Crippen LogP contribution in [-0.2, 0) is 25.7 Å². The van der Waals surface area contributed by atoms with Crippen LogP contribution in [0.1, 0.15) is 180 Å². The Kier molecular flexibility index (Phi) is 20.4. The standard InChI is InChI=1S/C38H70/c1-31(2)21-13-9-17-25-35-29-30-36(26-18-10-14-22-32(3)4)38(28-20-12-16-24-34(7)8)37(35)27-19-11-15-23-33(5)6/h29-34H,9-28H2,1-8H3. The van der Waals surface area contributed by atoms with E-state index >= 15 is 0 Å². The molecule has 0 amide bonds. The number of hydrogen-bond acceptors (Lipinski definition) is 0. The lowest BCUT2D eigenvalue weighted by molar-refractivity contribution is 0.519. The molecule has 222 valence electrons. The lowest BCUT2D eigenvalue weighted by Crippen LogP contribution is -2.07. The van der Waals surface area contributed by atoms with E-state index < -0.39 is 0 Å². The molecule has 0 heteroatoms. The molecule has 0 nitrogen and oxygen atoms in total. The second-order valence-electron chi connectivity index (χ2n) is 14.3. The van der Waals surface area contributed by atoms with Crippen molar-refractivity contribution in [2.45, 2.75) is 184 Å². The smallest absolute Gasteiger partial charge is 0.0273 e. The SMILES string of the molecule is CC(C)CCCCCc1ccc(CCCCCC(C)C)c(CCCCCC(C)C)c1CCCCCC(C)C. The highest BCUT2D eigenvalue weighted by Crippen LogP contribution is 2.28. The average molecular weight is 527 g/mol. The van der Waals surface area contributed by atoms with Gasteiger partial charge in [-0.25, -0.2) is 0 Å². The Morgan fingerprint density at radius 1 is 0.342 bits per heavy atom. The first-order chi connectivity index (χ1) is 18.2. The van der Waals surface area contributed by atoms with Gasteiger partial charge in [0, 0.05) is 0 Å². The van der Waals surface area contributed by atoms with Crippen LogP contribution in [0.4, 0.5) is 0 Å². The number of unbranched alkanes of at least 4 members (excludes halogenated alkanes) is 8. The van der Waals surface area contributed by atoms with Gasteiger partial charge in [0.1, 0.15) is 0 Å². The molecule has 0 fully saturated rings. The van der Waals surface area contributed by atoms with E-state index in [0.29, 0.717) is 0 Å². The molecule has 1 aromatic rings. The molecule has 0 aliphatic rings. The van der Waals surface area contributed by atoms with Crippen molar-refractivity contribution in [3.63, 3.8) is 0 Å². The average Bonchev–Trinajstić information content (AvgIpc) is 2.84. The molecular weight excluding hydrogens is 456 g/mol. The van der Waals surface area contributed by atoms with Crippen molar-refractivity contribution in [1.29, 1.82) is 0 Å². The van der Waals surface area contributed by atoms with E-state index in [1.165, 1.54) is 128 Å². The summed E-state index contributed by atoms with van der Waals surface area (Å²) < 4.78 is 0. The molecule has 0 saturated heterocycles. The van der Waals surface area contributed by atoms with Crippen LogP contribution in [0.3, 0.4) is 0 Å². The first kappa shape index (κ1) is 35.2. The zero-order chi connectivity index (χ0) is 28.2. The zero-order valence-corrected chi connectivity index (χ0v) is 27.6. The van der Waals surface area contributed by atoms with E-state index in [1.54, 1.807) is 22.3 Å². The van der Waals surface area contributed by atoms with E-state index in [9.17, 15) is 0 Å². The fraction of sp³-hybridized carbons (Fsp3) is 0.842. The van der Waals surface area contributed by atoms with E-state index in [0.717, 1.165) is 23.7 Å². The molecule has 1 rings (SSSR count). The second kappa shape index (κ2) is 22.0. The van der Waals surface area contributed by atoms with Crippen LogP contribution in [0.5, 0.6) is 0 Å². The Hall–Kier alpha value is -0.780. The van der Waals surface area contributed by atoms with Gasteiger partial charge in [0.05, 0.1) is 0 Å². The Bertz CT molecular complexity index is 619. The molecule has 0 unspecified atom stereocenters. The lowest BCUT2D eigenvalue weighted by Gasteiger charge is -2.20. The minimum atomic E-state index is 0.844. The van der Waals surface area contributed by atoms with Crippen LogP contribution < -0.4 is 0 Å². The van der Waals surface area contributed by atoms with Gasteiger partial charge < -0.3 is 0 Å². The van der Waals surface area contributed by atoms with Gasteiger partial charge >= 0.3 is 0 Å².